The van der Waals surface area contributed by atoms with Gasteiger partial charge in [0.15, 0.2) is 12.5 Å². The summed E-state index contributed by atoms with van der Waals surface area (Å²) >= 11 is 5.73. The molecule has 5 nitrogen and oxygen atoms in total. The van der Waals surface area contributed by atoms with Gasteiger partial charge in [-0.3, -0.25) is 0 Å². The van der Waals surface area contributed by atoms with Crippen molar-refractivity contribution in [2.75, 3.05) is 13.7 Å². The normalized spacial score (nSPS) is 20.6. The molecule has 136 valence electrons. The summed E-state index contributed by atoms with van der Waals surface area (Å²) in [7, 11) is 1.68. The number of likely N-dealkylation sites (tertiary alicyclic amines) is 1. The van der Waals surface area contributed by atoms with Crippen LogP contribution in [-0.4, -0.2) is 34.0 Å². The van der Waals surface area contributed by atoms with E-state index in [4.69, 9.17) is 22.1 Å². The molecule has 6 heteroatoms. The molecule has 25 heavy (non-hydrogen) atoms. The van der Waals surface area contributed by atoms with Gasteiger partial charge in [0.2, 0.25) is 4.77 Å². The van der Waals surface area contributed by atoms with Crippen LogP contribution in [0.1, 0.15) is 39.5 Å². The van der Waals surface area contributed by atoms with E-state index >= 15 is 0 Å². The van der Waals surface area contributed by atoms with Gasteiger partial charge in [0.1, 0.15) is 5.75 Å². The summed E-state index contributed by atoms with van der Waals surface area (Å²) < 4.78 is 10.2. The van der Waals surface area contributed by atoms with Crippen LogP contribution < -0.4 is 9.64 Å². The zero-order valence-corrected chi connectivity index (χ0v) is 16.3. The van der Waals surface area contributed by atoms with Gasteiger partial charge in [-0.1, -0.05) is 6.92 Å². The highest BCUT2D eigenvalue weighted by Gasteiger charge is 2.26. The van der Waals surface area contributed by atoms with E-state index in [1.165, 1.54) is 32.2 Å². The van der Waals surface area contributed by atoms with Gasteiger partial charge in [-0.25, -0.2) is 0 Å². The lowest BCUT2D eigenvalue weighted by molar-refractivity contribution is -0.953. The van der Waals surface area contributed by atoms with E-state index in [-0.39, 0.29) is 0 Å². The Morgan fingerprint density at radius 1 is 1.24 bits per heavy atom. The van der Waals surface area contributed by atoms with E-state index in [1.54, 1.807) is 12.0 Å². The monoisotopic (exact) mass is 361 g/mol. The van der Waals surface area contributed by atoms with Crippen molar-refractivity contribution < 1.29 is 9.64 Å². The molecule has 1 aliphatic rings. The first-order chi connectivity index (χ1) is 12.2. The highest BCUT2D eigenvalue weighted by molar-refractivity contribution is 7.71. The molecule has 1 aromatic carbocycles. The molecule has 0 bridgehead atoms. The minimum atomic E-state index is 0.729. The van der Waals surface area contributed by atoms with Crippen LogP contribution in [0.5, 0.6) is 5.75 Å². The fourth-order valence-electron chi connectivity index (χ4n) is 3.83. The Morgan fingerprint density at radius 3 is 2.64 bits per heavy atom. The van der Waals surface area contributed by atoms with Crippen LogP contribution in [-0.2, 0) is 13.2 Å². The van der Waals surface area contributed by atoms with Crippen LogP contribution in [0, 0.1) is 4.77 Å². The summed E-state index contributed by atoms with van der Waals surface area (Å²) in [5, 5.41) is 4.88. The van der Waals surface area contributed by atoms with Crippen molar-refractivity contribution in [1.29, 1.82) is 0 Å². The van der Waals surface area contributed by atoms with Crippen LogP contribution in [0.4, 0.5) is 0 Å². The zero-order chi connectivity index (χ0) is 17.8. The Balaban J connectivity index is 1.90. The first-order valence-corrected chi connectivity index (χ1v) is 9.75. The Kier molecular flexibility index (Phi) is 5.91. The minimum Gasteiger partial charge on any atom is -0.497 e. The molecule has 0 aliphatic carbocycles. The van der Waals surface area contributed by atoms with Gasteiger partial charge in [-0.15, -0.1) is 5.10 Å². The van der Waals surface area contributed by atoms with Crippen LogP contribution in [0.25, 0.3) is 11.4 Å². The molecular weight excluding hydrogens is 332 g/mol. The zero-order valence-electron chi connectivity index (χ0n) is 15.5. The number of ether oxygens (including phenoxy) is 1. The maximum Gasteiger partial charge on any atom is 0.203 e. The average molecular weight is 362 g/mol. The number of nitrogens with one attached hydrogen (secondary N) is 1. The lowest BCUT2D eigenvalue weighted by atomic mass is 10.0. The van der Waals surface area contributed by atoms with E-state index in [1.807, 2.05) is 16.8 Å². The number of rotatable bonds is 6. The van der Waals surface area contributed by atoms with Crippen molar-refractivity contribution in [3.63, 3.8) is 0 Å². The Hall–Kier alpha value is -1.66. The standard InChI is InChI=1S/C19H28N4OS/c1-4-16-8-6-7-13-21(16)14-23-19(25)22(5-2)18(20-23)15-9-11-17(24-3)12-10-15/h9-12,16H,4-8,13-14H2,1-3H3/p+1/t16-/m0/s1. The third-order valence-electron chi connectivity index (χ3n) is 5.31. The van der Waals surface area contributed by atoms with Crippen LogP contribution >= 0.6 is 12.2 Å². The van der Waals surface area contributed by atoms with E-state index in [0.717, 1.165) is 41.2 Å². The molecule has 1 aliphatic heterocycles. The number of quaternary nitrogens is 1. The van der Waals surface area contributed by atoms with Crippen LogP contribution in [0.3, 0.4) is 0 Å². The van der Waals surface area contributed by atoms with E-state index in [0.29, 0.717) is 0 Å². The van der Waals surface area contributed by atoms with Crippen molar-refractivity contribution in [3.05, 3.63) is 29.0 Å². The van der Waals surface area contributed by atoms with Crippen molar-refractivity contribution in [3.8, 4) is 17.1 Å². The second kappa shape index (κ2) is 8.15. The summed E-state index contributed by atoms with van der Waals surface area (Å²) in [6.07, 6.45) is 5.20. The van der Waals surface area contributed by atoms with Crippen LogP contribution in [0.2, 0.25) is 0 Å². The molecule has 0 spiro atoms. The third kappa shape index (κ3) is 3.80. The quantitative estimate of drug-likeness (QED) is 0.804. The molecule has 0 amide bonds. The summed E-state index contributed by atoms with van der Waals surface area (Å²) in [5.74, 6) is 1.80. The predicted octanol–water partition coefficient (Wildman–Crippen LogP) is 2.91. The molecule has 1 unspecified atom stereocenters. The second-order valence-electron chi connectivity index (χ2n) is 6.75. The molecule has 2 atom stereocenters. The summed E-state index contributed by atoms with van der Waals surface area (Å²) in [5.41, 5.74) is 1.08. The largest absolute Gasteiger partial charge is 0.497 e. The first kappa shape index (κ1) is 18.1. The number of piperidine rings is 1. The molecule has 3 rings (SSSR count). The molecule has 1 saturated heterocycles. The summed E-state index contributed by atoms with van der Waals surface area (Å²) in [4.78, 5) is 1.62. The summed E-state index contributed by atoms with van der Waals surface area (Å²) in [6.45, 7) is 7.33. The van der Waals surface area contributed by atoms with Gasteiger partial charge < -0.3 is 14.2 Å². The third-order valence-corrected chi connectivity index (χ3v) is 5.74. The Bertz CT molecular complexity index is 750. The summed E-state index contributed by atoms with van der Waals surface area (Å²) in [6, 6.07) is 8.78. The van der Waals surface area contributed by atoms with E-state index in [2.05, 4.69) is 30.5 Å². The second-order valence-corrected chi connectivity index (χ2v) is 7.11. The molecule has 1 aromatic heterocycles. The van der Waals surface area contributed by atoms with E-state index in [9.17, 15) is 0 Å². The van der Waals surface area contributed by atoms with Gasteiger partial charge in [0.05, 0.1) is 19.7 Å². The van der Waals surface area contributed by atoms with Crippen molar-refractivity contribution in [2.24, 2.45) is 0 Å². The average Bonchev–Trinajstić information content (AvgIpc) is 2.98. The molecule has 0 saturated carbocycles. The smallest absolute Gasteiger partial charge is 0.203 e. The number of hydrogen-bond donors (Lipinski definition) is 1. The molecule has 2 aromatic rings. The van der Waals surface area contributed by atoms with Gasteiger partial charge >= 0.3 is 0 Å². The number of methoxy groups -OCH3 is 1. The van der Waals surface area contributed by atoms with Crippen LogP contribution in [0.15, 0.2) is 24.3 Å². The Labute approximate surface area is 155 Å². The SMILES string of the molecule is CC[C@H]1CCCC[NH+]1Cn1nc(-c2ccc(OC)cc2)n(CC)c1=S. The first-order valence-electron chi connectivity index (χ1n) is 9.34. The lowest BCUT2D eigenvalue weighted by Crippen LogP contribution is -3.15. The molecular formula is C19H29N4OS+. The predicted molar refractivity (Wildman–Crippen MR) is 102 cm³/mol. The van der Waals surface area contributed by atoms with Gasteiger partial charge in [-0.2, -0.15) is 4.68 Å². The highest BCUT2D eigenvalue weighted by atomic mass is 32.1. The maximum atomic E-state index is 5.73. The van der Waals surface area contributed by atoms with Crippen molar-refractivity contribution in [1.82, 2.24) is 14.3 Å². The molecule has 2 heterocycles. The molecule has 1 fully saturated rings. The van der Waals surface area contributed by atoms with Gasteiger partial charge in [-0.05, 0) is 69.1 Å². The number of benzene rings is 1. The van der Waals surface area contributed by atoms with E-state index < -0.39 is 0 Å². The van der Waals surface area contributed by atoms with Crippen molar-refractivity contribution in [2.45, 2.75) is 58.8 Å². The number of hydrogen-bond acceptors (Lipinski definition) is 3. The van der Waals surface area contributed by atoms with Crippen molar-refractivity contribution >= 4 is 12.2 Å². The fraction of sp³-hybridized carbons (Fsp3) is 0.579. The minimum absolute atomic E-state index is 0.729. The lowest BCUT2D eigenvalue weighted by Gasteiger charge is -2.31. The topological polar surface area (TPSA) is 36.4 Å². The Morgan fingerprint density at radius 2 is 2.00 bits per heavy atom. The highest BCUT2D eigenvalue weighted by Crippen LogP contribution is 2.21. The number of aromatic nitrogens is 3. The van der Waals surface area contributed by atoms with Gasteiger partial charge in [0.25, 0.3) is 0 Å². The van der Waals surface area contributed by atoms with Gasteiger partial charge in [0, 0.05) is 12.1 Å². The fourth-order valence-corrected chi connectivity index (χ4v) is 4.15. The molecule has 0 radical (unpaired) electrons. The maximum absolute atomic E-state index is 5.73. The number of nitrogens with zero attached hydrogens (tertiary/aromatic N) is 3. The molecule has 1 N–H and O–H groups in total.